The van der Waals surface area contributed by atoms with Crippen molar-refractivity contribution in [2.45, 2.75) is 19.8 Å². The summed E-state index contributed by atoms with van der Waals surface area (Å²) < 4.78 is 0. The summed E-state index contributed by atoms with van der Waals surface area (Å²) in [6, 6.07) is 5.11. The molecule has 6 heteroatoms. The van der Waals surface area contributed by atoms with Gasteiger partial charge in [0, 0.05) is 26.6 Å². The van der Waals surface area contributed by atoms with Gasteiger partial charge in [0.25, 0.3) is 5.91 Å². The second-order valence-corrected chi connectivity index (χ2v) is 5.76. The molecule has 0 atom stereocenters. The van der Waals surface area contributed by atoms with E-state index >= 15 is 0 Å². The third-order valence-corrected chi connectivity index (χ3v) is 4.22. The van der Waals surface area contributed by atoms with Gasteiger partial charge in [-0.1, -0.05) is 17.7 Å². The van der Waals surface area contributed by atoms with E-state index in [1.54, 1.807) is 23.1 Å². The number of carbonyl (C=O) groups is 2. The molecule has 1 aliphatic rings. The van der Waals surface area contributed by atoms with Crippen LogP contribution >= 0.6 is 11.6 Å². The van der Waals surface area contributed by atoms with E-state index in [1.165, 1.54) is 6.92 Å². The van der Waals surface area contributed by atoms with Crippen LogP contribution in [0.3, 0.4) is 0 Å². The van der Waals surface area contributed by atoms with E-state index in [2.05, 4.69) is 5.32 Å². The predicted octanol–water partition coefficient (Wildman–Crippen LogP) is 1.91. The SMILES string of the molecule is CC(=O)NCC1CCN(C(=O)c2cccc(N)c2Cl)CC1. The van der Waals surface area contributed by atoms with Crippen molar-refractivity contribution in [3.63, 3.8) is 0 Å². The smallest absolute Gasteiger partial charge is 0.255 e. The first-order valence-electron chi connectivity index (χ1n) is 7.06. The summed E-state index contributed by atoms with van der Waals surface area (Å²) in [5, 5.41) is 3.15. The van der Waals surface area contributed by atoms with Crippen molar-refractivity contribution < 1.29 is 9.59 Å². The Morgan fingerprint density at radius 2 is 2.05 bits per heavy atom. The number of hydrogen-bond donors (Lipinski definition) is 2. The largest absolute Gasteiger partial charge is 0.398 e. The van der Waals surface area contributed by atoms with Gasteiger partial charge < -0.3 is 16.0 Å². The Bertz CT molecular complexity index is 540. The number of amides is 2. The van der Waals surface area contributed by atoms with Crippen LogP contribution in [0.15, 0.2) is 18.2 Å². The van der Waals surface area contributed by atoms with Crippen LogP contribution < -0.4 is 11.1 Å². The van der Waals surface area contributed by atoms with Gasteiger partial charge in [-0.2, -0.15) is 0 Å². The van der Waals surface area contributed by atoms with Gasteiger partial charge in [-0.15, -0.1) is 0 Å². The molecule has 1 aromatic carbocycles. The molecule has 1 saturated heterocycles. The number of nitrogens with one attached hydrogen (secondary N) is 1. The van der Waals surface area contributed by atoms with Crippen LogP contribution in [0.4, 0.5) is 5.69 Å². The number of halogens is 1. The van der Waals surface area contributed by atoms with Crippen LogP contribution in [-0.4, -0.2) is 36.3 Å². The van der Waals surface area contributed by atoms with Gasteiger partial charge in [0.1, 0.15) is 0 Å². The van der Waals surface area contributed by atoms with Gasteiger partial charge >= 0.3 is 0 Å². The van der Waals surface area contributed by atoms with Crippen LogP contribution in [0.2, 0.25) is 5.02 Å². The summed E-state index contributed by atoms with van der Waals surface area (Å²) in [6.45, 7) is 3.54. The number of anilines is 1. The lowest BCUT2D eigenvalue weighted by Gasteiger charge is -2.32. The standard InChI is InChI=1S/C15H20ClN3O2/c1-10(20)18-9-11-5-7-19(8-6-11)15(21)12-3-2-4-13(17)14(12)16/h2-4,11H,5-9,17H2,1H3,(H,18,20). The Hall–Kier alpha value is -1.75. The zero-order valence-electron chi connectivity index (χ0n) is 12.1. The lowest BCUT2D eigenvalue weighted by atomic mass is 9.96. The molecule has 1 heterocycles. The molecule has 0 radical (unpaired) electrons. The normalized spacial score (nSPS) is 15.8. The number of benzene rings is 1. The van der Waals surface area contributed by atoms with Gasteiger partial charge in [0.2, 0.25) is 5.91 Å². The summed E-state index contributed by atoms with van der Waals surface area (Å²) in [7, 11) is 0. The van der Waals surface area contributed by atoms with E-state index in [0.29, 0.717) is 41.8 Å². The number of rotatable bonds is 3. The van der Waals surface area contributed by atoms with Crippen molar-refractivity contribution in [2.75, 3.05) is 25.4 Å². The van der Waals surface area contributed by atoms with Crippen molar-refractivity contribution in [3.05, 3.63) is 28.8 Å². The fourth-order valence-electron chi connectivity index (χ4n) is 2.51. The number of hydrogen-bond acceptors (Lipinski definition) is 3. The second kappa shape index (κ2) is 6.80. The average molecular weight is 310 g/mol. The van der Waals surface area contributed by atoms with Crippen LogP contribution in [0.1, 0.15) is 30.1 Å². The van der Waals surface area contributed by atoms with Crippen molar-refractivity contribution in [1.82, 2.24) is 10.2 Å². The summed E-state index contributed by atoms with van der Waals surface area (Å²) >= 11 is 6.10. The van der Waals surface area contributed by atoms with Gasteiger partial charge in [0.05, 0.1) is 16.3 Å². The number of likely N-dealkylation sites (tertiary alicyclic amines) is 1. The monoisotopic (exact) mass is 309 g/mol. The van der Waals surface area contributed by atoms with Crippen LogP contribution in [-0.2, 0) is 4.79 Å². The summed E-state index contributed by atoms with van der Waals surface area (Å²) in [5.74, 6) is 0.333. The average Bonchev–Trinajstić information content (AvgIpc) is 2.48. The molecule has 1 fully saturated rings. The number of nitrogens with zero attached hydrogens (tertiary/aromatic N) is 1. The maximum absolute atomic E-state index is 12.5. The molecule has 114 valence electrons. The first-order valence-corrected chi connectivity index (χ1v) is 7.44. The molecular weight excluding hydrogens is 290 g/mol. The molecule has 0 aliphatic carbocycles. The second-order valence-electron chi connectivity index (χ2n) is 5.38. The molecule has 2 amide bonds. The highest BCUT2D eigenvalue weighted by Gasteiger charge is 2.25. The van der Waals surface area contributed by atoms with Gasteiger partial charge in [-0.25, -0.2) is 0 Å². The molecule has 0 aromatic heterocycles. The number of nitrogens with two attached hydrogens (primary N) is 1. The van der Waals surface area contributed by atoms with E-state index in [9.17, 15) is 9.59 Å². The minimum Gasteiger partial charge on any atom is -0.398 e. The van der Waals surface area contributed by atoms with Crippen LogP contribution in [0.25, 0.3) is 0 Å². The highest BCUT2D eigenvalue weighted by atomic mass is 35.5. The topological polar surface area (TPSA) is 75.4 Å². The Morgan fingerprint density at radius 1 is 1.38 bits per heavy atom. The molecule has 0 bridgehead atoms. The zero-order chi connectivity index (χ0) is 15.4. The van der Waals surface area contributed by atoms with E-state index in [4.69, 9.17) is 17.3 Å². The van der Waals surface area contributed by atoms with E-state index < -0.39 is 0 Å². The van der Waals surface area contributed by atoms with Gasteiger partial charge in [-0.3, -0.25) is 9.59 Å². The molecule has 3 N–H and O–H groups in total. The molecule has 0 spiro atoms. The highest BCUT2D eigenvalue weighted by Crippen LogP contribution is 2.26. The number of nitrogen functional groups attached to an aromatic ring is 1. The summed E-state index contributed by atoms with van der Waals surface area (Å²) in [5.41, 5.74) is 6.61. The molecule has 0 unspecified atom stereocenters. The molecule has 5 nitrogen and oxygen atoms in total. The van der Waals surface area contributed by atoms with E-state index in [1.807, 2.05) is 0 Å². The lowest BCUT2D eigenvalue weighted by molar-refractivity contribution is -0.119. The fraction of sp³-hybridized carbons (Fsp3) is 0.467. The molecule has 0 saturated carbocycles. The molecule has 2 rings (SSSR count). The molecular formula is C15H20ClN3O2. The first-order chi connectivity index (χ1) is 9.99. The maximum Gasteiger partial charge on any atom is 0.255 e. The Morgan fingerprint density at radius 3 is 2.67 bits per heavy atom. The Kier molecular flexibility index (Phi) is 5.07. The lowest BCUT2D eigenvalue weighted by Crippen LogP contribution is -2.41. The maximum atomic E-state index is 12.5. The minimum absolute atomic E-state index is 0.0138. The van der Waals surface area contributed by atoms with E-state index in [0.717, 1.165) is 12.8 Å². The number of carbonyl (C=O) groups excluding carboxylic acids is 2. The third kappa shape index (κ3) is 3.88. The molecule has 1 aromatic rings. The third-order valence-electron chi connectivity index (χ3n) is 3.80. The van der Waals surface area contributed by atoms with Crippen molar-refractivity contribution in [2.24, 2.45) is 5.92 Å². The zero-order valence-corrected chi connectivity index (χ0v) is 12.8. The van der Waals surface area contributed by atoms with Gasteiger partial charge in [0.15, 0.2) is 0 Å². The van der Waals surface area contributed by atoms with Crippen molar-refractivity contribution in [3.8, 4) is 0 Å². The van der Waals surface area contributed by atoms with Crippen molar-refractivity contribution >= 4 is 29.1 Å². The quantitative estimate of drug-likeness (QED) is 0.838. The summed E-state index contributed by atoms with van der Waals surface area (Å²) in [4.78, 5) is 25.2. The first kappa shape index (κ1) is 15.6. The number of piperidine rings is 1. The predicted molar refractivity (Wildman–Crippen MR) is 83.2 cm³/mol. The fourth-order valence-corrected chi connectivity index (χ4v) is 2.72. The van der Waals surface area contributed by atoms with Crippen molar-refractivity contribution in [1.29, 1.82) is 0 Å². The van der Waals surface area contributed by atoms with Gasteiger partial charge in [-0.05, 0) is 30.9 Å². The molecule has 21 heavy (non-hydrogen) atoms. The Labute approximate surface area is 129 Å². The minimum atomic E-state index is -0.0784. The molecule has 1 aliphatic heterocycles. The highest BCUT2D eigenvalue weighted by molar-refractivity contribution is 6.36. The van der Waals surface area contributed by atoms with Crippen LogP contribution in [0, 0.1) is 5.92 Å². The van der Waals surface area contributed by atoms with Crippen LogP contribution in [0.5, 0.6) is 0 Å². The summed E-state index contributed by atoms with van der Waals surface area (Å²) in [6.07, 6.45) is 1.76. The Balaban J connectivity index is 1.94. The van der Waals surface area contributed by atoms with E-state index in [-0.39, 0.29) is 11.8 Å².